The summed E-state index contributed by atoms with van der Waals surface area (Å²) in [6, 6.07) is 0. The van der Waals surface area contributed by atoms with Gasteiger partial charge in [-0.15, -0.1) is 6.58 Å². The summed E-state index contributed by atoms with van der Waals surface area (Å²) in [5, 5.41) is 0. The molecule has 0 aromatic carbocycles. The Morgan fingerprint density at radius 3 is 2.53 bits per heavy atom. The second-order valence-corrected chi connectivity index (χ2v) is 4.81. The van der Waals surface area contributed by atoms with Crippen LogP contribution in [-0.4, -0.2) is 12.3 Å². The van der Waals surface area contributed by atoms with Crippen LogP contribution in [0.5, 0.6) is 0 Å². The molecule has 1 rings (SSSR count). The first-order valence-corrected chi connectivity index (χ1v) is 6.05. The molecule has 2 N–H and O–H groups in total. The van der Waals surface area contributed by atoms with Crippen molar-refractivity contribution in [2.75, 3.05) is 6.54 Å². The Balaban J connectivity index is 2.43. The van der Waals surface area contributed by atoms with Crippen molar-refractivity contribution in [1.82, 2.24) is 0 Å². The number of allylic oxidation sites excluding steroid dienone is 1. The number of hydrogen-bond acceptors (Lipinski definition) is 2. The minimum absolute atomic E-state index is 0.135. The molecule has 1 fully saturated rings. The van der Waals surface area contributed by atoms with Gasteiger partial charge >= 0.3 is 0 Å². The first-order valence-electron chi connectivity index (χ1n) is 6.05. The molecule has 2 nitrogen and oxygen atoms in total. The molecule has 0 spiro atoms. The Labute approximate surface area is 92.9 Å². The van der Waals surface area contributed by atoms with E-state index in [9.17, 15) is 4.79 Å². The van der Waals surface area contributed by atoms with Gasteiger partial charge in [0.25, 0.3) is 0 Å². The minimum Gasteiger partial charge on any atom is -0.330 e. The Morgan fingerprint density at radius 2 is 2.00 bits per heavy atom. The van der Waals surface area contributed by atoms with Crippen LogP contribution in [0.15, 0.2) is 12.7 Å². The zero-order valence-electron chi connectivity index (χ0n) is 9.63. The summed E-state index contributed by atoms with van der Waals surface area (Å²) in [4.78, 5) is 11.7. The lowest BCUT2D eigenvalue weighted by atomic mass is 9.70. The summed E-state index contributed by atoms with van der Waals surface area (Å²) in [6.07, 6.45) is 10.0. The molecule has 86 valence electrons. The van der Waals surface area contributed by atoms with E-state index in [1.165, 1.54) is 19.3 Å². The number of nitrogens with two attached hydrogens (primary N) is 1. The van der Waals surface area contributed by atoms with Crippen molar-refractivity contribution in [3.8, 4) is 0 Å². The second-order valence-electron chi connectivity index (χ2n) is 4.81. The van der Waals surface area contributed by atoms with Crippen LogP contribution < -0.4 is 5.73 Å². The zero-order valence-corrected chi connectivity index (χ0v) is 9.63. The molecule has 0 amide bonds. The lowest BCUT2D eigenvalue weighted by Crippen LogP contribution is -2.35. The molecular formula is C13H23NO. The van der Waals surface area contributed by atoms with Gasteiger partial charge in [0.15, 0.2) is 0 Å². The molecule has 0 unspecified atom stereocenters. The molecule has 0 aliphatic heterocycles. The molecule has 1 saturated carbocycles. The molecule has 1 aliphatic carbocycles. The maximum absolute atomic E-state index is 11.7. The third kappa shape index (κ3) is 3.78. The number of carbonyl (C=O) groups excluding carboxylic acids is 1. The van der Waals surface area contributed by atoms with Crippen molar-refractivity contribution in [3.63, 3.8) is 0 Å². The SMILES string of the molecule is C=CCCC(=O)CC1(CN)CCCCC1. The van der Waals surface area contributed by atoms with Crippen LogP contribution in [0.4, 0.5) is 0 Å². The van der Waals surface area contributed by atoms with E-state index < -0.39 is 0 Å². The van der Waals surface area contributed by atoms with Crippen molar-refractivity contribution in [2.24, 2.45) is 11.1 Å². The second kappa shape index (κ2) is 6.06. The average Bonchev–Trinajstić information content (AvgIpc) is 2.27. The standard InChI is InChI=1S/C13H23NO/c1-2-3-7-12(15)10-13(11-14)8-5-4-6-9-13/h2H,1,3-11,14H2. The van der Waals surface area contributed by atoms with Gasteiger partial charge in [-0.25, -0.2) is 0 Å². The summed E-state index contributed by atoms with van der Waals surface area (Å²) in [5.41, 5.74) is 5.98. The van der Waals surface area contributed by atoms with Gasteiger partial charge < -0.3 is 5.73 Å². The van der Waals surface area contributed by atoms with E-state index in [-0.39, 0.29) is 5.41 Å². The molecule has 0 atom stereocenters. The number of rotatable bonds is 6. The van der Waals surface area contributed by atoms with Gasteiger partial charge in [0, 0.05) is 12.8 Å². The van der Waals surface area contributed by atoms with Crippen LogP contribution in [0.2, 0.25) is 0 Å². The Hall–Kier alpha value is -0.630. The van der Waals surface area contributed by atoms with Crippen LogP contribution >= 0.6 is 0 Å². The monoisotopic (exact) mass is 209 g/mol. The van der Waals surface area contributed by atoms with E-state index >= 15 is 0 Å². The largest absolute Gasteiger partial charge is 0.330 e. The maximum Gasteiger partial charge on any atom is 0.133 e. The Morgan fingerprint density at radius 1 is 1.33 bits per heavy atom. The predicted molar refractivity (Wildman–Crippen MR) is 63.6 cm³/mol. The molecule has 0 aromatic heterocycles. The van der Waals surface area contributed by atoms with Crippen LogP contribution in [-0.2, 0) is 4.79 Å². The molecule has 1 aliphatic rings. The summed E-state index contributed by atoms with van der Waals surface area (Å²) in [5.74, 6) is 0.363. The van der Waals surface area contributed by atoms with Crippen molar-refractivity contribution in [2.45, 2.75) is 51.4 Å². The molecule has 2 heteroatoms. The van der Waals surface area contributed by atoms with E-state index in [0.717, 1.165) is 19.3 Å². The van der Waals surface area contributed by atoms with Crippen LogP contribution in [0.25, 0.3) is 0 Å². The van der Waals surface area contributed by atoms with E-state index in [0.29, 0.717) is 25.2 Å². The van der Waals surface area contributed by atoms with Gasteiger partial charge in [0.2, 0.25) is 0 Å². The van der Waals surface area contributed by atoms with Crippen LogP contribution in [0.3, 0.4) is 0 Å². The third-order valence-electron chi connectivity index (χ3n) is 3.55. The molecule has 0 bridgehead atoms. The van der Waals surface area contributed by atoms with E-state index in [4.69, 9.17) is 5.73 Å². The first kappa shape index (κ1) is 12.4. The fourth-order valence-corrected chi connectivity index (χ4v) is 2.52. The smallest absolute Gasteiger partial charge is 0.133 e. The number of hydrogen-bond donors (Lipinski definition) is 1. The summed E-state index contributed by atoms with van der Waals surface area (Å²) < 4.78 is 0. The van der Waals surface area contributed by atoms with Gasteiger partial charge in [-0.3, -0.25) is 4.79 Å². The fourth-order valence-electron chi connectivity index (χ4n) is 2.52. The quantitative estimate of drug-likeness (QED) is 0.683. The average molecular weight is 209 g/mol. The van der Waals surface area contributed by atoms with Gasteiger partial charge in [0.05, 0.1) is 0 Å². The number of Topliss-reactive ketones (excluding diaryl/α,β-unsaturated/α-hetero) is 1. The highest BCUT2D eigenvalue weighted by atomic mass is 16.1. The summed E-state index contributed by atoms with van der Waals surface area (Å²) in [7, 11) is 0. The van der Waals surface area contributed by atoms with Crippen LogP contribution in [0, 0.1) is 5.41 Å². The lowest BCUT2D eigenvalue weighted by molar-refractivity contribution is -0.121. The van der Waals surface area contributed by atoms with Crippen molar-refractivity contribution < 1.29 is 4.79 Å². The Bertz CT molecular complexity index is 217. The van der Waals surface area contributed by atoms with E-state index in [1.807, 2.05) is 6.08 Å². The highest BCUT2D eigenvalue weighted by Gasteiger charge is 2.32. The van der Waals surface area contributed by atoms with Gasteiger partial charge in [-0.05, 0) is 31.2 Å². The minimum atomic E-state index is 0.135. The molecule has 0 saturated heterocycles. The predicted octanol–water partition coefficient (Wildman–Crippen LogP) is 2.82. The number of ketones is 1. The van der Waals surface area contributed by atoms with Crippen LogP contribution in [0.1, 0.15) is 51.4 Å². The molecule has 15 heavy (non-hydrogen) atoms. The van der Waals surface area contributed by atoms with Gasteiger partial charge in [0.1, 0.15) is 5.78 Å². The van der Waals surface area contributed by atoms with E-state index in [1.54, 1.807) is 0 Å². The highest BCUT2D eigenvalue weighted by molar-refractivity contribution is 5.79. The van der Waals surface area contributed by atoms with Crippen molar-refractivity contribution >= 4 is 5.78 Å². The molecular weight excluding hydrogens is 186 g/mol. The topological polar surface area (TPSA) is 43.1 Å². The third-order valence-corrected chi connectivity index (χ3v) is 3.55. The van der Waals surface area contributed by atoms with Crippen molar-refractivity contribution in [3.05, 3.63) is 12.7 Å². The fraction of sp³-hybridized carbons (Fsp3) is 0.769. The highest BCUT2D eigenvalue weighted by Crippen LogP contribution is 2.38. The summed E-state index contributed by atoms with van der Waals surface area (Å²) >= 11 is 0. The summed E-state index contributed by atoms with van der Waals surface area (Å²) in [6.45, 7) is 4.31. The zero-order chi connectivity index (χ0) is 11.1. The molecule has 0 aromatic rings. The van der Waals surface area contributed by atoms with E-state index in [2.05, 4.69) is 6.58 Å². The molecule has 0 heterocycles. The maximum atomic E-state index is 11.7. The normalized spacial score (nSPS) is 19.8. The first-order chi connectivity index (χ1) is 7.22. The number of carbonyl (C=O) groups is 1. The Kier molecular flexibility index (Phi) is 5.03. The molecule has 0 radical (unpaired) electrons. The lowest BCUT2D eigenvalue weighted by Gasteiger charge is -2.35. The van der Waals surface area contributed by atoms with Gasteiger partial charge in [-0.1, -0.05) is 25.3 Å². The van der Waals surface area contributed by atoms with Gasteiger partial charge in [-0.2, -0.15) is 0 Å². The van der Waals surface area contributed by atoms with Crippen molar-refractivity contribution in [1.29, 1.82) is 0 Å².